The largest absolute Gasteiger partial charge is 0.444 e. The van der Waals surface area contributed by atoms with E-state index < -0.39 is 70.6 Å². The van der Waals surface area contributed by atoms with E-state index in [-0.39, 0.29) is 48.9 Å². The highest BCUT2D eigenvalue weighted by Gasteiger charge is 2.40. The number of nitrogen functional groups attached to an aromatic ring is 2. The molecule has 0 saturated carbocycles. The number of benzene rings is 4. The summed E-state index contributed by atoms with van der Waals surface area (Å²) in [5.41, 5.74) is 23.4. The summed E-state index contributed by atoms with van der Waals surface area (Å²) in [5.74, 6) is -2.14. The maximum atomic E-state index is 13.4. The van der Waals surface area contributed by atoms with Gasteiger partial charge in [0.15, 0.2) is 0 Å². The second-order valence-electron chi connectivity index (χ2n) is 37.9. The molecule has 8 aromatic heterocycles. The van der Waals surface area contributed by atoms with E-state index in [1.807, 2.05) is 146 Å². The molecule has 16 rings (SSSR count). The Bertz CT molecular complexity index is 6000. The quantitative estimate of drug-likeness (QED) is 0.0292. The van der Waals surface area contributed by atoms with E-state index in [4.69, 9.17) is 20.9 Å². The fraction of sp³-hybridized carbons (Fsp3) is 0.389. The third kappa shape index (κ3) is 32.6. The van der Waals surface area contributed by atoms with Crippen LogP contribution in [0.25, 0.3) is 42.3 Å². The van der Waals surface area contributed by atoms with Crippen molar-refractivity contribution in [2.24, 2.45) is 23.7 Å². The fourth-order valence-corrected chi connectivity index (χ4v) is 20.1. The first kappa shape index (κ1) is 118. The van der Waals surface area contributed by atoms with Crippen molar-refractivity contribution in [1.82, 2.24) is 59.5 Å². The summed E-state index contributed by atoms with van der Waals surface area (Å²) in [6.45, 7) is 28.9. The third-order valence-electron chi connectivity index (χ3n) is 24.7. The number of pyridine rings is 4. The summed E-state index contributed by atoms with van der Waals surface area (Å²) in [4.78, 5) is 170. The lowest BCUT2D eigenvalue weighted by Gasteiger charge is -2.38. The number of aryl methyl sites for hydroxylation is 4. The Balaban J connectivity index is 0.000000216. The Hall–Kier alpha value is -12.8. The average molecular weight is 2130 g/mol. The summed E-state index contributed by atoms with van der Waals surface area (Å²) >= 11 is 6.33. The minimum absolute atomic E-state index is 0. The van der Waals surface area contributed by atoms with Gasteiger partial charge in [-0.15, -0.1) is 63.2 Å². The zero-order chi connectivity index (χ0) is 104. The van der Waals surface area contributed by atoms with Gasteiger partial charge in [-0.1, -0.05) is 167 Å². The van der Waals surface area contributed by atoms with Gasteiger partial charge < -0.3 is 61.8 Å². The van der Waals surface area contributed by atoms with Gasteiger partial charge in [0.2, 0.25) is 0 Å². The first-order valence-corrected chi connectivity index (χ1v) is 54.4. The first-order valence-electron chi connectivity index (χ1n) is 48.3. The van der Waals surface area contributed by atoms with Crippen LogP contribution < -0.4 is 43.4 Å². The van der Waals surface area contributed by atoms with E-state index >= 15 is 0 Å². The molecule has 0 spiro atoms. The molecule has 0 aliphatic carbocycles. The molecule has 3 unspecified atom stereocenters. The summed E-state index contributed by atoms with van der Waals surface area (Å²) < 4.78 is 10.6. The molecule has 10 amide bonds. The van der Waals surface area contributed by atoms with Gasteiger partial charge in [0, 0.05) is 94.7 Å². The summed E-state index contributed by atoms with van der Waals surface area (Å²) in [6.07, 6.45) is 21.4. The van der Waals surface area contributed by atoms with E-state index in [0.717, 1.165) is 127 Å². The van der Waals surface area contributed by atoms with Crippen LogP contribution in [-0.4, -0.2) is 156 Å². The van der Waals surface area contributed by atoms with Crippen molar-refractivity contribution in [2.45, 2.75) is 224 Å². The fourth-order valence-electron chi connectivity index (χ4n) is 17.5. The number of nitrogens with zero attached hydrogens (tertiary/aromatic N) is 12. The number of ether oxygens (including phenoxy) is 2. The summed E-state index contributed by atoms with van der Waals surface area (Å²) in [5, 5.41) is 27.7. The number of hydrogen-bond donors (Lipinski definition) is 8. The number of amides is 10. The maximum absolute atomic E-state index is 13.4. The molecule has 12 aromatic rings. The molecule has 32 nitrogen and oxygen atoms in total. The molecule has 4 saturated heterocycles. The van der Waals surface area contributed by atoms with Gasteiger partial charge >= 0.3 is 59.4 Å². The van der Waals surface area contributed by atoms with Crippen LogP contribution in [-0.2, 0) is 73.5 Å². The van der Waals surface area contributed by atoms with Crippen LogP contribution in [0.15, 0.2) is 192 Å². The molecule has 4 aromatic carbocycles. The Kier molecular flexibility index (Phi) is 44.3. The molecule has 11 atom stereocenters. The highest BCUT2D eigenvalue weighted by molar-refractivity contribution is 7.92. The van der Waals surface area contributed by atoms with Crippen molar-refractivity contribution in [3.63, 3.8) is 0 Å². The van der Waals surface area contributed by atoms with Crippen LogP contribution >= 0.6 is 73.1 Å². The molecule has 147 heavy (non-hydrogen) atoms. The van der Waals surface area contributed by atoms with Crippen molar-refractivity contribution in [3.8, 4) is 42.3 Å². The number of aromatic nitrogens is 8. The number of nitrogens with one attached hydrogen (secondary N) is 6. The molecule has 10 N–H and O–H groups in total. The van der Waals surface area contributed by atoms with E-state index in [1.54, 1.807) is 156 Å². The van der Waals surface area contributed by atoms with Crippen LogP contribution in [0.1, 0.15) is 232 Å². The van der Waals surface area contributed by atoms with Gasteiger partial charge in [-0.05, 0) is 211 Å². The highest BCUT2D eigenvalue weighted by Crippen LogP contribution is 2.41. The summed E-state index contributed by atoms with van der Waals surface area (Å²) in [7, 11) is 4.67. The monoisotopic (exact) mass is 2130 g/mol. The average Bonchev–Trinajstić information content (AvgIpc) is 1.31. The first-order chi connectivity index (χ1) is 69.0. The smallest absolute Gasteiger partial charge is 0.413 e. The van der Waals surface area contributed by atoms with Crippen molar-refractivity contribution < 1.29 is 57.4 Å². The topological polar surface area (TPSA) is 429 Å². The third-order valence-corrected chi connectivity index (χ3v) is 28.0. The molecule has 12 heterocycles. The zero-order valence-electron chi connectivity index (χ0n) is 84.3. The van der Waals surface area contributed by atoms with Gasteiger partial charge in [0.1, 0.15) is 54.5 Å². The summed E-state index contributed by atoms with van der Waals surface area (Å²) in [6, 6.07) is 38.7. The number of carbonyl (C=O) groups is 10. The predicted molar refractivity (Wildman–Crippen MR) is 603 cm³/mol. The lowest BCUT2D eigenvalue weighted by atomic mass is 9.89. The maximum Gasteiger partial charge on any atom is 0.413 e. The van der Waals surface area contributed by atoms with Crippen molar-refractivity contribution in [2.75, 3.05) is 69.5 Å². The second-order valence-corrected chi connectivity index (χ2v) is 41.5. The van der Waals surface area contributed by atoms with Crippen molar-refractivity contribution >= 4 is 179 Å². The molecule has 782 valence electrons. The van der Waals surface area contributed by atoms with E-state index in [2.05, 4.69) is 117 Å². The number of carbonyl (C=O) groups excluding carboxylic acids is 10. The van der Waals surface area contributed by atoms with Crippen LogP contribution in [0.4, 0.5) is 55.6 Å². The Morgan fingerprint density at radius 1 is 0.340 bits per heavy atom. The van der Waals surface area contributed by atoms with E-state index in [1.165, 1.54) is 24.8 Å². The van der Waals surface area contributed by atoms with Gasteiger partial charge in [-0.3, -0.25) is 49.0 Å². The predicted octanol–water partition coefficient (Wildman–Crippen LogP) is 22.7. The lowest BCUT2D eigenvalue weighted by Crippen LogP contribution is -2.46. The molecular formula is C108H139N20O12P3S4. The number of rotatable bonds is 18. The van der Waals surface area contributed by atoms with Crippen LogP contribution in [0, 0.1) is 23.7 Å². The molecule has 4 fully saturated rings. The number of thiazole rings is 4. The van der Waals surface area contributed by atoms with Gasteiger partial charge in [0.25, 0.3) is 0 Å². The van der Waals surface area contributed by atoms with Crippen LogP contribution in [0.3, 0.4) is 0 Å². The van der Waals surface area contributed by atoms with Crippen LogP contribution in [0.2, 0.25) is 0 Å². The van der Waals surface area contributed by atoms with Gasteiger partial charge in [-0.2, -0.15) is 9.90 Å². The number of piperidine rings is 4. The minimum atomic E-state index is -0.717. The second kappa shape index (κ2) is 55.3. The molecule has 4 aliphatic heterocycles. The van der Waals surface area contributed by atoms with Crippen molar-refractivity contribution in [3.05, 3.63) is 237 Å². The standard InChI is InChI=1S/2C29H35N5O4S.2C24H27N5O2S.2CH4.H4P2.H3P/c2*1-6-19-15-22(16-31-24(19)33-28(37)38-29(3,4)5)32-25(35)27(36)34-17-18(2)7-12-23(34)20-8-10-21(11-9-20)26-30-13-14-39-26;2*1-3-16-12-19(13-27-21(16)25)28-22(30)24(31)29-14-15(2)4-9-20(29)17-5-7-18(8-6-17)23-26-10-11-32-23;;;1-2;/h2*8-11,13-16,18,23H,6-7,12,17H2,1-5H3,(H,32,35)(H,31,33,37);2*5-8,10-13,15,20H,3-4,9,14H2,1-2H3,(H2,25,27)(H,28,30);2*1H4;1-2H2;1H3/t2*18-,23+;2*15-,20+;;;;/m1010..../s1. The SMILES string of the molecule is C.C.CCc1cc(NC(=O)C(=O)N2C[C@@H](C)CC[C@@H]2c2ccc(-c3nccs3)cc2)cnc1N.CCc1cc(NC(=O)C(=O)N2C[C@@H](C)CC[C@@H]2c2ccc(-c3nccs3)cc2)cnc1NC(=O)OC(C)(C)C.CCc1cc(NC(=O)C(=O)N2C[C@H](C)CC[C@H]2c2ccc(-c3nccs3)cc2)cnc1N.CCc1cc(NC(=O)C(=O)N2C[C@H](C)CC[C@H]2c2ccc(-c3nccs3)cc2)cnc1NC(=O)OC(C)(C)C.P.PP. The lowest BCUT2D eigenvalue weighted by molar-refractivity contribution is -0.146. The van der Waals surface area contributed by atoms with Gasteiger partial charge in [-0.25, -0.2) is 49.5 Å². The van der Waals surface area contributed by atoms with Crippen LogP contribution in [0.5, 0.6) is 0 Å². The zero-order valence-corrected chi connectivity index (χ0v) is 91.3. The molecule has 39 heteroatoms. The number of nitrogens with two attached hydrogens (primary N) is 2. The molecule has 0 bridgehead atoms. The molecule has 0 radical (unpaired) electrons. The highest BCUT2D eigenvalue weighted by atomic mass is 32.1. The van der Waals surface area contributed by atoms with E-state index in [9.17, 15) is 47.9 Å². The Morgan fingerprint density at radius 3 is 0.762 bits per heavy atom. The number of anilines is 8. The Morgan fingerprint density at radius 2 is 0.558 bits per heavy atom. The normalized spacial score (nSPS) is 17.3. The Labute approximate surface area is 886 Å². The molecular weight excluding hydrogens is 1990 g/mol. The minimum Gasteiger partial charge on any atom is -0.444 e. The van der Waals surface area contributed by atoms with Crippen molar-refractivity contribution in [1.29, 1.82) is 0 Å². The molecule has 4 aliphatic rings. The number of hydrogen-bond acceptors (Lipinski definition) is 26. The van der Waals surface area contributed by atoms with E-state index in [0.29, 0.717) is 133 Å². The number of likely N-dealkylation sites (tertiary alicyclic amines) is 4. The van der Waals surface area contributed by atoms with Gasteiger partial charge in [0.05, 0.1) is 71.7 Å².